The van der Waals surface area contributed by atoms with Gasteiger partial charge in [-0.15, -0.1) is 12.4 Å². The van der Waals surface area contributed by atoms with Crippen LogP contribution < -0.4 is 10.1 Å². The van der Waals surface area contributed by atoms with Crippen molar-refractivity contribution in [3.05, 3.63) is 29.8 Å². The Kier molecular flexibility index (Phi) is 8.28. The van der Waals surface area contributed by atoms with Gasteiger partial charge in [0, 0.05) is 13.1 Å². The third kappa shape index (κ3) is 5.85. The van der Waals surface area contributed by atoms with Gasteiger partial charge in [-0.25, -0.2) is 0 Å². The Morgan fingerprint density at radius 3 is 2.73 bits per heavy atom. The Morgan fingerprint density at radius 2 is 2.09 bits per heavy atom. The van der Waals surface area contributed by atoms with Gasteiger partial charge in [0.15, 0.2) is 6.61 Å². The van der Waals surface area contributed by atoms with Gasteiger partial charge in [-0.3, -0.25) is 4.79 Å². The zero-order valence-corrected chi connectivity index (χ0v) is 14.3. The summed E-state index contributed by atoms with van der Waals surface area (Å²) in [5.74, 6) is 1.62. The molecule has 1 aliphatic heterocycles. The molecule has 1 aromatic rings. The van der Waals surface area contributed by atoms with E-state index in [9.17, 15) is 4.79 Å². The van der Waals surface area contributed by atoms with Crippen LogP contribution in [0.15, 0.2) is 24.3 Å². The van der Waals surface area contributed by atoms with Gasteiger partial charge < -0.3 is 15.0 Å². The third-order valence-electron chi connectivity index (χ3n) is 4.12. The minimum Gasteiger partial charge on any atom is -0.484 e. The number of carbonyl (C=O) groups is 1. The van der Waals surface area contributed by atoms with Gasteiger partial charge in [0.2, 0.25) is 0 Å². The van der Waals surface area contributed by atoms with Gasteiger partial charge in [0.1, 0.15) is 5.75 Å². The van der Waals surface area contributed by atoms with E-state index >= 15 is 0 Å². The van der Waals surface area contributed by atoms with Crippen molar-refractivity contribution in [1.82, 2.24) is 10.2 Å². The summed E-state index contributed by atoms with van der Waals surface area (Å²) in [5.41, 5.74) is 1.14. The highest BCUT2D eigenvalue weighted by Crippen LogP contribution is 2.20. The van der Waals surface area contributed by atoms with Crippen LogP contribution in [0.1, 0.15) is 24.8 Å². The van der Waals surface area contributed by atoms with Crippen LogP contribution in [0.5, 0.6) is 5.75 Å². The Morgan fingerprint density at radius 1 is 1.36 bits per heavy atom. The van der Waals surface area contributed by atoms with Crippen molar-refractivity contribution >= 4 is 18.3 Å². The average molecular weight is 327 g/mol. The highest BCUT2D eigenvalue weighted by atomic mass is 35.5. The van der Waals surface area contributed by atoms with Crippen molar-refractivity contribution in [2.24, 2.45) is 5.92 Å². The predicted octanol–water partition coefficient (Wildman–Crippen LogP) is 2.64. The molecule has 1 saturated heterocycles. The SMILES string of the molecule is CNCCC1CCN(C(=O)COc2cccc(C)c2)CC1.Cl. The Labute approximate surface area is 139 Å². The molecule has 22 heavy (non-hydrogen) atoms. The van der Waals surface area contributed by atoms with E-state index in [1.165, 1.54) is 6.42 Å². The molecule has 0 saturated carbocycles. The van der Waals surface area contributed by atoms with Crippen LogP contribution in [-0.2, 0) is 4.79 Å². The summed E-state index contributed by atoms with van der Waals surface area (Å²) in [6.45, 7) is 4.96. The first-order valence-corrected chi connectivity index (χ1v) is 7.81. The van der Waals surface area contributed by atoms with Crippen LogP contribution in [0.3, 0.4) is 0 Å². The lowest BCUT2D eigenvalue weighted by molar-refractivity contribution is -0.134. The number of hydrogen-bond donors (Lipinski definition) is 1. The van der Waals surface area contributed by atoms with Gasteiger partial charge >= 0.3 is 0 Å². The van der Waals surface area contributed by atoms with E-state index in [1.54, 1.807) is 0 Å². The van der Waals surface area contributed by atoms with Crippen molar-refractivity contribution in [3.63, 3.8) is 0 Å². The monoisotopic (exact) mass is 326 g/mol. The highest BCUT2D eigenvalue weighted by molar-refractivity contribution is 5.85. The smallest absolute Gasteiger partial charge is 0.260 e. The number of nitrogens with zero attached hydrogens (tertiary/aromatic N) is 1. The molecule has 1 aliphatic rings. The molecular weight excluding hydrogens is 300 g/mol. The van der Waals surface area contributed by atoms with Gasteiger partial charge in [-0.05, 0) is 63.4 Å². The lowest BCUT2D eigenvalue weighted by Crippen LogP contribution is -2.41. The number of amides is 1. The summed E-state index contributed by atoms with van der Waals surface area (Å²) in [6.07, 6.45) is 3.42. The molecule has 0 bridgehead atoms. The van der Waals surface area contributed by atoms with Crippen LogP contribution in [0.4, 0.5) is 0 Å². The van der Waals surface area contributed by atoms with Crippen LogP contribution in [-0.4, -0.2) is 44.1 Å². The number of rotatable bonds is 6. The minimum absolute atomic E-state index is 0. The van der Waals surface area contributed by atoms with Gasteiger partial charge in [-0.2, -0.15) is 0 Å². The molecule has 0 aromatic heterocycles. The summed E-state index contributed by atoms with van der Waals surface area (Å²) in [4.78, 5) is 14.1. The first kappa shape index (κ1) is 18.8. The fraction of sp³-hybridized carbons (Fsp3) is 0.588. The molecule has 1 fully saturated rings. The van der Waals surface area contributed by atoms with Crippen LogP contribution in [0.25, 0.3) is 0 Å². The summed E-state index contributed by atoms with van der Waals surface area (Å²) < 4.78 is 5.59. The fourth-order valence-corrected chi connectivity index (χ4v) is 2.76. The van der Waals surface area contributed by atoms with Gasteiger partial charge in [-0.1, -0.05) is 12.1 Å². The molecule has 0 radical (unpaired) electrons. The molecule has 0 atom stereocenters. The standard InChI is InChI=1S/C17H26N2O2.ClH/c1-14-4-3-5-16(12-14)21-13-17(20)19-10-7-15(8-11-19)6-9-18-2;/h3-5,12,15,18H,6-11,13H2,1-2H3;1H. The second-order valence-electron chi connectivity index (χ2n) is 5.82. The van der Waals surface area contributed by atoms with E-state index in [0.717, 1.165) is 49.7 Å². The van der Waals surface area contributed by atoms with E-state index < -0.39 is 0 Å². The van der Waals surface area contributed by atoms with E-state index in [1.807, 2.05) is 43.1 Å². The normalized spacial score (nSPS) is 15.3. The van der Waals surface area contributed by atoms with Crippen LogP contribution in [0.2, 0.25) is 0 Å². The van der Waals surface area contributed by atoms with Gasteiger partial charge in [0.05, 0.1) is 0 Å². The van der Waals surface area contributed by atoms with Gasteiger partial charge in [0.25, 0.3) is 5.91 Å². The number of likely N-dealkylation sites (tertiary alicyclic amines) is 1. The van der Waals surface area contributed by atoms with Crippen LogP contribution >= 0.6 is 12.4 Å². The fourth-order valence-electron chi connectivity index (χ4n) is 2.76. The number of hydrogen-bond acceptors (Lipinski definition) is 3. The number of benzene rings is 1. The minimum atomic E-state index is 0. The van der Waals surface area contributed by atoms with Crippen LogP contribution in [0, 0.1) is 12.8 Å². The molecule has 0 aliphatic carbocycles. The maximum atomic E-state index is 12.2. The molecule has 0 unspecified atom stereocenters. The lowest BCUT2D eigenvalue weighted by atomic mass is 9.93. The number of carbonyl (C=O) groups excluding carboxylic acids is 1. The Bertz CT molecular complexity index is 460. The average Bonchev–Trinajstić information content (AvgIpc) is 2.51. The van der Waals surface area contributed by atoms with Crippen molar-refractivity contribution in [3.8, 4) is 5.75 Å². The molecule has 124 valence electrons. The Hall–Kier alpha value is -1.26. The first-order valence-electron chi connectivity index (χ1n) is 7.81. The molecule has 0 spiro atoms. The second kappa shape index (κ2) is 9.70. The molecule has 1 N–H and O–H groups in total. The molecule has 4 nitrogen and oxygen atoms in total. The number of aryl methyl sites for hydroxylation is 1. The third-order valence-corrected chi connectivity index (χ3v) is 4.12. The number of nitrogens with one attached hydrogen (secondary N) is 1. The zero-order chi connectivity index (χ0) is 15.1. The topological polar surface area (TPSA) is 41.6 Å². The second-order valence-corrected chi connectivity index (χ2v) is 5.82. The molecule has 1 aromatic carbocycles. The quantitative estimate of drug-likeness (QED) is 0.873. The van der Waals surface area contributed by atoms with E-state index in [2.05, 4.69) is 5.32 Å². The maximum Gasteiger partial charge on any atom is 0.260 e. The van der Waals surface area contributed by atoms with E-state index in [-0.39, 0.29) is 24.9 Å². The zero-order valence-electron chi connectivity index (χ0n) is 13.5. The lowest BCUT2D eigenvalue weighted by Gasteiger charge is -2.32. The summed E-state index contributed by atoms with van der Waals surface area (Å²) in [5, 5.41) is 3.19. The van der Waals surface area contributed by atoms with Crippen molar-refractivity contribution < 1.29 is 9.53 Å². The summed E-state index contributed by atoms with van der Waals surface area (Å²) in [7, 11) is 1.99. The molecule has 2 rings (SSSR count). The predicted molar refractivity (Wildman–Crippen MR) is 91.8 cm³/mol. The number of halogens is 1. The van der Waals surface area contributed by atoms with E-state index in [0.29, 0.717) is 0 Å². The first-order chi connectivity index (χ1) is 10.2. The number of ether oxygens (including phenoxy) is 1. The van der Waals surface area contributed by atoms with Crippen molar-refractivity contribution in [2.75, 3.05) is 33.3 Å². The Balaban J connectivity index is 0.00000242. The molecular formula is C17H27ClN2O2. The summed E-state index contributed by atoms with van der Waals surface area (Å²) in [6, 6.07) is 7.81. The largest absolute Gasteiger partial charge is 0.484 e. The molecule has 5 heteroatoms. The summed E-state index contributed by atoms with van der Waals surface area (Å²) >= 11 is 0. The highest BCUT2D eigenvalue weighted by Gasteiger charge is 2.22. The van der Waals surface area contributed by atoms with E-state index in [4.69, 9.17) is 4.74 Å². The number of piperidine rings is 1. The molecule has 1 heterocycles. The van der Waals surface area contributed by atoms with Crippen molar-refractivity contribution in [1.29, 1.82) is 0 Å². The molecule has 1 amide bonds. The van der Waals surface area contributed by atoms with Crippen molar-refractivity contribution in [2.45, 2.75) is 26.2 Å². The maximum absolute atomic E-state index is 12.2.